The molecule has 0 aromatic carbocycles. The summed E-state index contributed by atoms with van der Waals surface area (Å²) in [7, 11) is 0. The van der Waals surface area contributed by atoms with Crippen LogP contribution in [-0.4, -0.2) is 10.1 Å². The van der Waals surface area contributed by atoms with Gasteiger partial charge in [0.1, 0.15) is 0 Å². The summed E-state index contributed by atoms with van der Waals surface area (Å²) in [6.07, 6.45) is 5.83. The van der Waals surface area contributed by atoms with Crippen LogP contribution in [0.25, 0.3) is 0 Å². The smallest absolute Gasteiger partial charge is 0.0999 e. The fourth-order valence-corrected chi connectivity index (χ4v) is 4.08. The molecule has 1 saturated carbocycles. The van der Waals surface area contributed by atoms with Crippen LogP contribution in [-0.2, 0) is 5.41 Å². The first-order valence-electron chi connectivity index (χ1n) is 7.57. The highest BCUT2D eigenvalue weighted by atomic mass is 32.1. The molecule has 3 atom stereocenters. The molecule has 0 amide bonds. The van der Waals surface area contributed by atoms with Gasteiger partial charge in [-0.3, -0.25) is 0 Å². The van der Waals surface area contributed by atoms with Gasteiger partial charge in [0.2, 0.25) is 0 Å². The second kappa shape index (κ2) is 5.92. The molecule has 1 aromatic heterocycles. The van der Waals surface area contributed by atoms with Crippen molar-refractivity contribution in [3.8, 4) is 0 Å². The third-order valence-corrected chi connectivity index (χ3v) is 5.65. The van der Waals surface area contributed by atoms with Crippen LogP contribution >= 0.6 is 11.3 Å². The molecule has 1 N–H and O–H groups in total. The van der Waals surface area contributed by atoms with Gasteiger partial charge in [0.05, 0.1) is 16.8 Å². The molecule has 0 saturated heterocycles. The molecule has 1 aliphatic carbocycles. The van der Waals surface area contributed by atoms with E-state index in [1.165, 1.54) is 25.7 Å². The minimum atomic E-state index is -0.363. The molecule has 1 aromatic rings. The highest BCUT2D eigenvalue weighted by Crippen LogP contribution is 2.41. The van der Waals surface area contributed by atoms with Gasteiger partial charge in [0.15, 0.2) is 0 Å². The van der Waals surface area contributed by atoms with Crippen LogP contribution in [0.2, 0.25) is 0 Å². The summed E-state index contributed by atoms with van der Waals surface area (Å²) in [4.78, 5) is 4.69. The van der Waals surface area contributed by atoms with Crippen molar-refractivity contribution >= 4 is 11.3 Å². The van der Waals surface area contributed by atoms with E-state index in [9.17, 15) is 5.11 Å². The molecular weight excluding hydrogens is 254 g/mol. The second-order valence-corrected chi connectivity index (χ2v) is 7.75. The number of hydrogen-bond donors (Lipinski definition) is 1. The van der Waals surface area contributed by atoms with Crippen LogP contribution < -0.4 is 0 Å². The topological polar surface area (TPSA) is 33.1 Å². The first-order valence-corrected chi connectivity index (χ1v) is 8.45. The average molecular weight is 281 g/mol. The van der Waals surface area contributed by atoms with Crippen LogP contribution in [0.4, 0.5) is 0 Å². The first kappa shape index (κ1) is 15.0. The van der Waals surface area contributed by atoms with E-state index < -0.39 is 0 Å². The van der Waals surface area contributed by atoms with Crippen molar-refractivity contribution in [1.82, 2.24) is 4.98 Å². The van der Waals surface area contributed by atoms with Crippen LogP contribution in [0.15, 0.2) is 5.38 Å². The Morgan fingerprint density at radius 3 is 2.63 bits per heavy atom. The molecule has 3 unspecified atom stereocenters. The Morgan fingerprint density at radius 2 is 2.05 bits per heavy atom. The van der Waals surface area contributed by atoms with Gasteiger partial charge >= 0.3 is 0 Å². The van der Waals surface area contributed by atoms with Crippen LogP contribution in [0.3, 0.4) is 0 Å². The van der Waals surface area contributed by atoms with E-state index in [4.69, 9.17) is 4.98 Å². The van der Waals surface area contributed by atoms with Crippen molar-refractivity contribution < 1.29 is 5.11 Å². The van der Waals surface area contributed by atoms with E-state index in [2.05, 4.69) is 33.1 Å². The molecule has 2 nitrogen and oxygen atoms in total. The summed E-state index contributed by atoms with van der Waals surface area (Å²) < 4.78 is 0. The molecule has 1 heterocycles. The van der Waals surface area contributed by atoms with Gasteiger partial charge in [-0.25, -0.2) is 4.98 Å². The Bertz CT molecular complexity index is 407. The van der Waals surface area contributed by atoms with Gasteiger partial charge in [0.25, 0.3) is 0 Å². The van der Waals surface area contributed by atoms with Gasteiger partial charge in [-0.15, -0.1) is 11.3 Å². The van der Waals surface area contributed by atoms with E-state index in [-0.39, 0.29) is 11.5 Å². The summed E-state index contributed by atoms with van der Waals surface area (Å²) in [6.45, 7) is 8.78. The van der Waals surface area contributed by atoms with Crippen molar-refractivity contribution in [2.24, 2.45) is 11.8 Å². The van der Waals surface area contributed by atoms with E-state index in [1.54, 1.807) is 11.3 Å². The summed E-state index contributed by atoms with van der Waals surface area (Å²) in [5.41, 5.74) is 0.986. The Kier molecular flexibility index (Phi) is 4.67. The Hall–Kier alpha value is -0.410. The molecule has 0 bridgehead atoms. The predicted octanol–water partition coefficient (Wildman–Crippen LogP) is 4.69. The third kappa shape index (κ3) is 3.38. The van der Waals surface area contributed by atoms with Crippen LogP contribution in [0, 0.1) is 11.8 Å². The Morgan fingerprint density at radius 1 is 1.37 bits per heavy atom. The highest BCUT2D eigenvalue weighted by molar-refractivity contribution is 7.09. The second-order valence-electron chi connectivity index (χ2n) is 6.89. The van der Waals surface area contributed by atoms with E-state index in [0.717, 1.165) is 17.1 Å². The number of rotatable bonds is 3. The average Bonchev–Trinajstić information content (AvgIpc) is 2.87. The maximum Gasteiger partial charge on any atom is 0.0999 e. The normalized spacial score (nSPS) is 26.4. The summed E-state index contributed by atoms with van der Waals surface area (Å²) in [5, 5.41) is 13.9. The lowest BCUT2D eigenvalue weighted by Gasteiger charge is -2.33. The lowest BCUT2D eigenvalue weighted by atomic mass is 9.74. The quantitative estimate of drug-likeness (QED) is 0.872. The molecule has 1 fully saturated rings. The minimum absolute atomic E-state index is 0.0827. The van der Waals surface area contributed by atoms with Crippen molar-refractivity contribution in [3.63, 3.8) is 0 Å². The number of aliphatic hydroxyl groups excluding tert-OH is 1. The summed E-state index contributed by atoms with van der Waals surface area (Å²) in [6, 6.07) is 0. The molecule has 1 aliphatic rings. The highest BCUT2D eigenvalue weighted by Gasteiger charge is 2.32. The van der Waals surface area contributed by atoms with Crippen molar-refractivity contribution in [2.45, 2.75) is 71.3 Å². The molecule has 0 radical (unpaired) electrons. The summed E-state index contributed by atoms with van der Waals surface area (Å²) in [5.74, 6) is 1.08. The predicted molar refractivity (Wildman–Crippen MR) is 81.5 cm³/mol. The maximum atomic E-state index is 10.7. The largest absolute Gasteiger partial charge is 0.386 e. The van der Waals surface area contributed by atoms with E-state index in [0.29, 0.717) is 11.8 Å². The Labute approximate surface area is 121 Å². The zero-order valence-corrected chi connectivity index (χ0v) is 13.5. The molecule has 0 spiro atoms. The maximum absolute atomic E-state index is 10.7. The van der Waals surface area contributed by atoms with E-state index in [1.807, 2.05) is 0 Å². The van der Waals surface area contributed by atoms with Crippen LogP contribution in [0.1, 0.15) is 76.6 Å². The standard InChI is InChI=1S/C16H27NOS/c1-5-11-8-6-7-9-12(11)14(18)13-10-19-15(17-13)16(2,3)4/h10-12,14,18H,5-9H2,1-4H3. The minimum Gasteiger partial charge on any atom is -0.386 e. The van der Waals surface area contributed by atoms with Crippen LogP contribution in [0.5, 0.6) is 0 Å². The lowest BCUT2D eigenvalue weighted by molar-refractivity contribution is 0.0424. The number of aliphatic hydroxyl groups is 1. The Balaban J connectivity index is 2.14. The number of hydrogen-bond acceptors (Lipinski definition) is 3. The van der Waals surface area contributed by atoms with Gasteiger partial charge in [-0.1, -0.05) is 53.4 Å². The number of nitrogens with zero attached hydrogens (tertiary/aromatic N) is 1. The molecular formula is C16H27NOS. The molecule has 3 heteroatoms. The molecule has 19 heavy (non-hydrogen) atoms. The zero-order chi connectivity index (χ0) is 14.0. The monoisotopic (exact) mass is 281 g/mol. The van der Waals surface area contributed by atoms with Gasteiger partial charge < -0.3 is 5.11 Å². The summed E-state index contributed by atoms with van der Waals surface area (Å²) >= 11 is 1.69. The fraction of sp³-hybridized carbons (Fsp3) is 0.812. The molecule has 108 valence electrons. The lowest BCUT2D eigenvalue weighted by Crippen LogP contribution is -2.25. The van der Waals surface area contributed by atoms with Crippen molar-refractivity contribution in [1.29, 1.82) is 0 Å². The number of aromatic nitrogens is 1. The number of thiazole rings is 1. The zero-order valence-electron chi connectivity index (χ0n) is 12.6. The first-order chi connectivity index (χ1) is 8.93. The van der Waals surface area contributed by atoms with Crippen molar-refractivity contribution in [2.75, 3.05) is 0 Å². The van der Waals surface area contributed by atoms with Gasteiger partial charge in [-0.05, 0) is 18.3 Å². The molecule has 0 aliphatic heterocycles. The van der Waals surface area contributed by atoms with Crippen molar-refractivity contribution in [3.05, 3.63) is 16.1 Å². The molecule has 2 rings (SSSR count). The van der Waals surface area contributed by atoms with Gasteiger partial charge in [0, 0.05) is 10.8 Å². The van der Waals surface area contributed by atoms with E-state index >= 15 is 0 Å². The third-order valence-electron chi connectivity index (χ3n) is 4.36. The van der Waals surface area contributed by atoms with Gasteiger partial charge in [-0.2, -0.15) is 0 Å². The fourth-order valence-electron chi connectivity index (χ4n) is 3.14. The SMILES string of the molecule is CCC1CCCCC1C(O)c1csc(C(C)(C)C)n1.